The van der Waals surface area contributed by atoms with Crippen molar-refractivity contribution in [1.29, 1.82) is 0 Å². The second kappa shape index (κ2) is 7.40. The molecule has 1 unspecified atom stereocenters. The summed E-state index contributed by atoms with van der Waals surface area (Å²) in [5.74, 6) is 1.36. The van der Waals surface area contributed by atoms with Crippen LogP contribution in [0, 0.1) is 5.92 Å². The molecule has 3 aromatic rings. The summed E-state index contributed by atoms with van der Waals surface area (Å²) in [6.07, 6.45) is 2.26. The van der Waals surface area contributed by atoms with Gasteiger partial charge in [-0.1, -0.05) is 66.7 Å². The molecule has 3 heteroatoms. The molecule has 0 spiro atoms. The van der Waals surface area contributed by atoms with Gasteiger partial charge in [-0.15, -0.1) is 0 Å². The lowest BCUT2D eigenvalue weighted by atomic mass is 9.59. The number of nitrogen functional groups attached to an aromatic ring is 1. The Hall–Kier alpha value is -3.07. The molecule has 6 rings (SSSR count). The zero-order chi connectivity index (χ0) is 19.8. The summed E-state index contributed by atoms with van der Waals surface area (Å²) >= 11 is 0. The summed E-state index contributed by atoms with van der Waals surface area (Å²) in [6.45, 7) is 0.729. The molecule has 0 saturated carbocycles. The van der Waals surface area contributed by atoms with Crippen LogP contribution in [0.3, 0.4) is 0 Å². The summed E-state index contributed by atoms with van der Waals surface area (Å²) in [6, 6.07) is 25.5. The first kappa shape index (κ1) is 18.0. The van der Waals surface area contributed by atoms with Crippen LogP contribution < -0.4 is 11.1 Å². The Morgan fingerprint density at radius 2 is 1.45 bits per heavy atom. The lowest BCUT2D eigenvalue weighted by Gasteiger charge is -2.45. The molecule has 146 valence electrons. The Morgan fingerprint density at radius 3 is 2.10 bits per heavy atom. The minimum absolute atomic E-state index is 0.108. The summed E-state index contributed by atoms with van der Waals surface area (Å²) in [5.41, 5.74) is 13.6. The third kappa shape index (κ3) is 3.21. The minimum atomic E-state index is 0.108. The van der Waals surface area contributed by atoms with E-state index in [2.05, 4.69) is 53.8 Å². The first-order valence-electron chi connectivity index (χ1n) is 10.5. The van der Waals surface area contributed by atoms with Crippen LogP contribution in [0.1, 0.15) is 52.5 Å². The predicted octanol–water partition coefficient (Wildman–Crippen LogP) is 4.61. The molecule has 0 aliphatic heterocycles. The molecule has 29 heavy (non-hydrogen) atoms. The first-order chi connectivity index (χ1) is 14.2. The normalized spacial score (nSPS) is 21.3. The van der Waals surface area contributed by atoms with E-state index >= 15 is 0 Å². The zero-order valence-electron chi connectivity index (χ0n) is 16.5. The molecule has 0 heterocycles. The third-order valence-electron chi connectivity index (χ3n) is 6.66. The average Bonchev–Trinajstić information content (AvgIpc) is 2.77. The number of rotatable bonds is 5. The van der Waals surface area contributed by atoms with Crippen molar-refractivity contribution in [1.82, 2.24) is 5.32 Å². The van der Waals surface area contributed by atoms with Crippen LogP contribution in [0.15, 0.2) is 72.8 Å². The number of amides is 1. The number of nitrogens with one attached hydrogen (secondary N) is 1. The molecule has 2 bridgehead atoms. The lowest BCUT2D eigenvalue weighted by molar-refractivity contribution is -0.121. The highest BCUT2D eigenvalue weighted by molar-refractivity contribution is 5.76. The van der Waals surface area contributed by atoms with Crippen LogP contribution in [0.5, 0.6) is 0 Å². The molecule has 3 nitrogen and oxygen atoms in total. The van der Waals surface area contributed by atoms with Crippen molar-refractivity contribution in [2.45, 2.75) is 31.1 Å². The molecular weight excluding hydrogens is 356 g/mol. The van der Waals surface area contributed by atoms with Gasteiger partial charge in [-0.3, -0.25) is 4.79 Å². The highest BCUT2D eigenvalue weighted by Gasteiger charge is 2.42. The van der Waals surface area contributed by atoms with Crippen molar-refractivity contribution in [2.24, 2.45) is 5.92 Å². The minimum Gasteiger partial charge on any atom is -0.399 e. The number of nitrogens with two attached hydrogens (primary N) is 1. The van der Waals surface area contributed by atoms with E-state index in [4.69, 9.17) is 5.73 Å². The largest absolute Gasteiger partial charge is 0.399 e. The van der Waals surface area contributed by atoms with Crippen molar-refractivity contribution in [2.75, 3.05) is 12.3 Å². The van der Waals surface area contributed by atoms with Gasteiger partial charge in [-0.2, -0.15) is 0 Å². The first-order valence-corrected chi connectivity index (χ1v) is 10.5. The van der Waals surface area contributed by atoms with Gasteiger partial charge in [-0.05, 0) is 52.6 Å². The van der Waals surface area contributed by atoms with Gasteiger partial charge in [0.15, 0.2) is 0 Å². The van der Waals surface area contributed by atoms with Crippen LogP contribution in [0.4, 0.5) is 5.69 Å². The Kier molecular flexibility index (Phi) is 4.59. The number of hydrogen-bond acceptors (Lipinski definition) is 2. The van der Waals surface area contributed by atoms with Gasteiger partial charge in [0.05, 0.1) is 0 Å². The Bertz CT molecular complexity index is 1010. The van der Waals surface area contributed by atoms with E-state index in [9.17, 15) is 4.79 Å². The summed E-state index contributed by atoms with van der Waals surface area (Å²) in [4.78, 5) is 12.5. The molecule has 3 aromatic carbocycles. The van der Waals surface area contributed by atoms with Crippen LogP contribution in [-0.2, 0) is 11.2 Å². The number of aryl methyl sites for hydroxylation is 1. The maximum absolute atomic E-state index is 12.5. The van der Waals surface area contributed by atoms with E-state index in [-0.39, 0.29) is 5.91 Å². The number of hydrogen-bond donors (Lipinski definition) is 2. The number of anilines is 1. The van der Waals surface area contributed by atoms with Crippen LogP contribution in [-0.4, -0.2) is 12.5 Å². The van der Waals surface area contributed by atoms with Gasteiger partial charge >= 0.3 is 0 Å². The highest BCUT2D eigenvalue weighted by atomic mass is 16.1. The number of benzene rings is 3. The maximum Gasteiger partial charge on any atom is 0.220 e. The van der Waals surface area contributed by atoms with Gasteiger partial charge in [0.1, 0.15) is 0 Å². The number of carbonyl (C=O) groups excluding carboxylic acids is 1. The Balaban J connectivity index is 1.29. The third-order valence-corrected chi connectivity index (χ3v) is 6.66. The fourth-order valence-corrected chi connectivity index (χ4v) is 5.30. The van der Waals surface area contributed by atoms with Crippen LogP contribution >= 0.6 is 0 Å². The van der Waals surface area contributed by atoms with Gasteiger partial charge in [0, 0.05) is 30.5 Å². The molecule has 0 aromatic heterocycles. The van der Waals surface area contributed by atoms with Crippen molar-refractivity contribution in [3.63, 3.8) is 0 Å². The quantitative estimate of drug-likeness (QED) is 0.633. The molecule has 3 aliphatic carbocycles. The van der Waals surface area contributed by atoms with Crippen LogP contribution in [0.2, 0.25) is 0 Å². The Morgan fingerprint density at radius 1 is 0.862 bits per heavy atom. The molecule has 0 saturated heterocycles. The molecular formula is C26H26N2O. The van der Waals surface area contributed by atoms with Crippen molar-refractivity contribution < 1.29 is 4.79 Å². The van der Waals surface area contributed by atoms with Gasteiger partial charge < -0.3 is 11.1 Å². The van der Waals surface area contributed by atoms with E-state index < -0.39 is 0 Å². The molecule has 0 radical (unpaired) electrons. The predicted molar refractivity (Wildman–Crippen MR) is 117 cm³/mol. The maximum atomic E-state index is 12.5. The van der Waals surface area contributed by atoms with E-state index in [0.717, 1.165) is 24.2 Å². The van der Waals surface area contributed by atoms with Crippen molar-refractivity contribution in [3.05, 3.63) is 101 Å². The van der Waals surface area contributed by atoms with Crippen LogP contribution in [0.25, 0.3) is 0 Å². The standard InChI is InChI=1S/C26H26N2O/c27-24-12-6-1-7-17(24)13-14-25(29)28-16-18-15-23-19-8-2-4-10-21(19)26(18)22-11-5-3-9-20(22)23/h1-12,18,23,26H,13-16,27H2,(H,28,29). The second-order valence-electron chi connectivity index (χ2n) is 8.29. The van der Waals surface area contributed by atoms with E-state index in [1.165, 1.54) is 22.3 Å². The molecule has 3 aliphatic rings. The van der Waals surface area contributed by atoms with E-state index in [0.29, 0.717) is 30.6 Å². The second-order valence-corrected chi connectivity index (χ2v) is 8.29. The average molecular weight is 383 g/mol. The SMILES string of the molecule is Nc1ccccc1CCC(=O)NCC1CC2c3ccccc3C1c1ccccc12. The van der Waals surface area contributed by atoms with Gasteiger partial charge in [0.25, 0.3) is 0 Å². The summed E-state index contributed by atoms with van der Waals surface area (Å²) in [7, 11) is 0. The fourth-order valence-electron chi connectivity index (χ4n) is 5.30. The highest BCUT2D eigenvalue weighted by Crippen LogP contribution is 2.55. The van der Waals surface area contributed by atoms with E-state index in [1.54, 1.807) is 0 Å². The van der Waals surface area contributed by atoms with Gasteiger partial charge in [0.2, 0.25) is 5.91 Å². The number of fused-ring (bicyclic) bond motifs is 1. The fraction of sp³-hybridized carbons (Fsp3) is 0.269. The van der Waals surface area contributed by atoms with Crippen molar-refractivity contribution in [3.8, 4) is 0 Å². The number of para-hydroxylation sites is 1. The summed E-state index contributed by atoms with van der Waals surface area (Å²) in [5, 5.41) is 3.21. The zero-order valence-corrected chi connectivity index (χ0v) is 16.5. The number of carbonyl (C=O) groups is 1. The summed E-state index contributed by atoms with van der Waals surface area (Å²) < 4.78 is 0. The topological polar surface area (TPSA) is 55.1 Å². The van der Waals surface area contributed by atoms with Crippen molar-refractivity contribution >= 4 is 11.6 Å². The lowest BCUT2D eigenvalue weighted by Crippen LogP contribution is -2.39. The smallest absolute Gasteiger partial charge is 0.220 e. The van der Waals surface area contributed by atoms with Gasteiger partial charge in [-0.25, -0.2) is 0 Å². The Labute approximate surface area is 172 Å². The molecule has 0 fully saturated rings. The molecule has 3 N–H and O–H groups in total. The van der Waals surface area contributed by atoms with E-state index in [1.807, 2.05) is 24.3 Å². The monoisotopic (exact) mass is 382 g/mol. The molecule has 1 amide bonds. The molecule has 1 atom stereocenters.